The van der Waals surface area contributed by atoms with Crippen LogP contribution < -0.4 is 0 Å². The van der Waals surface area contributed by atoms with E-state index in [-0.39, 0.29) is 17.9 Å². The summed E-state index contributed by atoms with van der Waals surface area (Å²) in [5.41, 5.74) is 1.60. The number of hydrogen-bond donors (Lipinski definition) is 0. The number of aryl methyl sites for hydroxylation is 1. The summed E-state index contributed by atoms with van der Waals surface area (Å²) in [5, 5.41) is 9.69. The molecule has 0 spiro atoms. The van der Waals surface area contributed by atoms with Crippen LogP contribution >= 0.6 is 0 Å². The molecule has 2 aliphatic rings. The maximum absolute atomic E-state index is 13.4. The number of aromatic nitrogens is 3. The molecule has 1 atom stereocenters. The van der Waals surface area contributed by atoms with E-state index in [0.29, 0.717) is 31.9 Å². The minimum Gasteiger partial charge on any atom is -0.451 e. The second-order valence-corrected chi connectivity index (χ2v) is 7.78. The number of carbonyl (C=O) groups is 2. The molecule has 0 bridgehead atoms. The van der Waals surface area contributed by atoms with E-state index in [1.807, 2.05) is 36.1 Å². The van der Waals surface area contributed by atoms with Crippen molar-refractivity contribution < 1.29 is 14.0 Å². The maximum atomic E-state index is 13.4. The lowest BCUT2D eigenvalue weighted by Crippen LogP contribution is -2.38. The third-order valence-electron chi connectivity index (χ3n) is 6.08. The van der Waals surface area contributed by atoms with Gasteiger partial charge < -0.3 is 18.8 Å². The second kappa shape index (κ2) is 6.72. The molecule has 0 N–H and O–H groups in total. The zero-order valence-corrected chi connectivity index (χ0v) is 16.6. The first-order valence-corrected chi connectivity index (χ1v) is 10.0. The number of rotatable bonds is 2. The number of amides is 2. The van der Waals surface area contributed by atoms with E-state index in [4.69, 9.17) is 4.42 Å². The van der Waals surface area contributed by atoms with E-state index in [1.165, 1.54) is 0 Å². The molecule has 1 saturated heterocycles. The van der Waals surface area contributed by atoms with Crippen LogP contribution in [0.15, 0.2) is 28.7 Å². The van der Waals surface area contributed by atoms with Gasteiger partial charge >= 0.3 is 0 Å². The number of benzene rings is 1. The van der Waals surface area contributed by atoms with E-state index < -0.39 is 0 Å². The van der Waals surface area contributed by atoms with E-state index in [0.717, 1.165) is 41.0 Å². The van der Waals surface area contributed by atoms with Crippen LogP contribution in [-0.4, -0.2) is 49.5 Å². The molecule has 8 nitrogen and oxygen atoms in total. The predicted octanol–water partition coefficient (Wildman–Crippen LogP) is 2.67. The van der Waals surface area contributed by atoms with Gasteiger partial charge in [-0.2, -0.15) is 0 Å². The molecular weight excluding hydrogens is 370 g/mol. The van der Waals surface area contributed by atoms with Crippen molar-refractivity contribution in [3.63, 3.8) is 0 Å². The Morgan fingerprint density at radius 1 is 1.14 bits per heavy atom. The normalized spacial score (nSPS) is 19.0. The average Bonchev–Trinajstić information content (AvgIpc) is 3.44. The van der Waals surface area contributed by atoms with E-state index in [9.17, 15) is 9.59 Å². The molecule has 1 aromatic carbocycles. The van der Waals surface area contributed by atoms with Crippen LogP contribution in [-0.2, 0) is 17.9 Å². The lowest BCUT2D eigenvalue weighted by Gasteiger charge is -2.29. The number of carbonyl (C=O) groups excluding carboxylic acids is 2. The highest BCUT2D eigenvalue weighted by Crippen LogP contribution is 2.35. The molecule has 3 aromatic rings. The van der Waals surface area contributed by atoms with Crippen molar-refractivity contribution in [3.05, 3.63) is 47.2 Å². The minimum absolute atomic E-state index is 0.0406. The number of furan rings is 1. The van der Waals surface area contributed by atoms with Crippen molar-refractivity contribution in [1.29, 1.82) is 0 Å². The summed E-state index contributed by atoms with van der Waals surface area (Å²) < 4.78 is 7.98. The summed E-state index contributed by atoms with van der Waals surface area (Å²) in [4.78, 5) is 28.7. The van der Waals surface area contributed by atoms with Crippen LogP contribution in [0.1, 0.15) is 53.6 Å². The van der Waals surface area contributed by atoms with Gasteiger partial charge in [-0.25, -0.2) is 0 Å². The van der Waals surface area contributed by atoms with Crippen molar-refractivity contribution in [1.82, 2.24) is 24.6 Å². The van der Waals surface area contributed by atoms with Crippen LogP contribution in [0, 0.1) is 6.92 Å². The lowest BCUT2D eigenvalue weighted by molar-refractivity contribution is -0.130. The van der Waals surface area contributed by atoms with Gasteiger partial charge in [-0.3, -0.25) is 9.59 Å². The molecule has 29 heavy (non-hydrogen) atoms. The SMILES string of the molecule is CC(=O)N1CCn2c(nnc2[C@@H]2CCCN2C(=O)c2oc3ccccc3c2C)C1. The maximum Gasteiger partial charge on any atom is 0.290 e. The fourth-order valence-corrected chi connectivity index (χ4v) is 4.48. The summed E-state index contributed by atoms with van der Waals surface area (Å²) in [6.07, 6.45) is 1.76. The molecule has 2 aromatic heterocycles. The molecule has 150 valence electrons. The summed E-state index contributed by atoms with van der Waals surface area (Å²) in [6.45, 7) is 5.92. The first-order valence-electron chi connectivity index (χ1n) is 10.0. The first kappa shape index (κ1) is 17.9. The highest BCUT2D eigenvalue weighted by Gasteiger charge is 2.37. The number of para-hydroxylation sites is 1. The van der Waals surface area contributed by atoms with Crippen LogP contribution in [0.5, 0.6) is 0 Å². The molecule has 0 radical (unpaired) electrons. The van der Waals surface area contributed by atoms with Gasteiger partial charge in [0.1, 0.15) is 5.58 Å². The average molecular weight is 393 g/mol. The van der Waals surface area contributed by atoms with Crippen molar-refractivity contribution in [2.75, 3.05) is 13.1 Å². The molecule has 4 heterocycles. The first-order chi connectivity index (χ1) is 14.0. The second-order valence-electron chi connectivity index (χ2n) is 7.78. The Kier molecular flexibility index (Phi) is 4.15. The number of nitrogens with zero attached hydrogens (tertiary/aromatic N) is 5. The molecular formula is C21H23N5O3. The van der Waals surface area contributed by atoms with Crippen molar-refractivity contribution in [2.24, 2.45) is 0 Å². The van der Waals surface area contributed by atoms with Crippen molar-refractivity contribution >= 4 is 22.8 Å². The van der Waals surface area contributed by atoms with Gasteiger partial charge in [0.05, 0.1) is 12.6 Å². The zero-order chi connectivity index (χ0) is 20.1. The molecule has 8 heteroatoms. The molecule has 0 saturated carbocycles. The third-order valence-corrected chi connectivity index (χ3v) is 6.08. The summed E-state index contributed by atoms with van der Waals surface area (Å²) in [7, 11) is 0. The van der Waals surface area contributed by atoms with E-state index in [2.05, 4.69) is 14.8 Å². The number of fused-ring (bicyclic) bond motifs is 2. The standard InChI is InChI=1S/C21H23N5O3/c1-13-15-6-3-4-8-17(15)29-19(13)21(28)25-9-5-7-16(25)20-23-22-18-12-24(14(2)27)10-11-26(18)20/h3-4,6,8,16H,5,7,9-12H2,1-2H3/t16-/m0/s1. The van der Waals surface area contributed by atoms with Crippen LogP contribution in [0.25, 0.3) is 11.0 Å². The molecule has 2 amide bonds. The third kappa shape index (κ3) is 2.82. The van der Waals surface area contributed by atoms with Crippen LogP contribution in [0.2, 0.25) is 0 Å². The molecule has 2 aliphatic heterocycles. The highest BCUT2D eigenvalue weighted by molar-refractivity contribution is 5.99. The Bertz CT molecular complexity index is 1110. The van der Waals surface area contributed by atoms with Gasteiger partial charge in [0.25, 0.3) is 5.91 Å². The molecule has 1 fully saturated rings. The van der Waals surface area contributed by atoms with Crippen molar-refractivity contribution in [3.8, 4) is 0 Å². The van der Waals surface area contributed by atoms with Crippen LogP contribution in [0.4, 0.5) is 0 Å². The predicted molar refractivity (Wildman–Crippen MR) is 105 cm³/mol. The quantitative estimate of drug-likeness (QED) is 0.668. The fraction of sp³-hybridized carbons (Fsp3) is 0.429. The number of hydrogen-bond acceptors (Lipinski definition) is 5. The van der Waals surface area contributed by atoms with Gasteiger partial charge in [-0.05, 0) is 25.8 Å². The smallest absolute Gasteiger partial charge is 0.290 e. The summed E-state index contributed by atoms with van der Waals surface area (Å²) >= 11 is 0. The van der Waals surface area contributed by atoms with Gasteiger partial charge in [0.15, 0.2) is 17.4 Å². The van der Waals surface area contributed by atoms with Gasteiger partial charge in [-0.1, -0.05) is 18.2 Å². The van der Waals surface area contributed by atoms with Gasteiger partial charge in [0.2, 0.25) is 5.91 Å². The Labute approximate surface area is 168 Å². The largest absolute Gasteiger partial charge is 0.451 e. The Hall–Kier alpha value is -3.16. The van der Waals surface area contributed by atoms with E-state index in [1.54, 1.807) is 11.8 Å². The van der Waals surface area contributed by atoms with Crippen LogP contribution in [0.3, 0.4) is 0 Å². The topological polar surface area (TPSA) is 84.5 Å². The monoisotopic (exact) mass is 393 g/mol. The Balaban J connectivity index is 1.46. The summed E-state index contributed by atoms with van der Waals surface area (Å²) in [6, 6.07) is 7.59. The Morgan fingerprint density at radius 3 is 2.76 bits per heavy atom. The van der Waals surface area contributed by atoms with Gasteiger partial charge in [-0.15, -0.1) is 10.2 Å². The minimum atomic E-state index is -0.125. The van der Waals surface area contributed by atoms with Crippen molar-refractivity contribution in [2.45, 2.75) is 45.8 Å². The lowest BCUT2D eigenvalue weighted by atomic mass is 10.1. The molecule has 5 rings (SSSR count). The number of likely N-dealkylation sites (tertiary alicyclic amines) is 1. The molecule has 0 unspecified atom stereocenters. The van der Waals surface area contributed by atoms with Gasteiger partial charge in [0, 0.05) is 37.5 Å². The highest BCUT2D eigenvalue weighted by atomic mass is 16.3. The fourth-order valence-electron chi connectivity index (χ4n) is 4.48. The van der Waals surface area contributed by atoms with E-state index >= 15 is 0 Å². The zero-order valence-electron chi connectivity index (χ0n) is 16.6. The Morgan fingerprint density at radius 2 is 1.97 bits per heavy atom. The molecule has 0 aliphatic carbocycles. The summed E-state index contributed by atoms with van der Waals surface area (Å²) in [5.74, 6) is 1.93.